The van der Waals surface area contributed by atoms with Crippen LogP contribution in [0.1, 0.15) is 10.4 Å². The van der Waals surface area contributed by atoms with Crippen LogP contribution in [0.4, 0.5) is 15.8 Å². The molecular formula is C17H15BrFN3O3. The zero-order valence-corrected chi connectivity index (χ0v) is 14.8. The van der Waals surface area contributed by atoms with Crippen LogP contribution in [0, 0.1) is 15.9 Å². The molecule has 1 heterocycles. The molecule has 130 valence electrons. The minimum Gasteiger partial charge on any atom is -0.362 e. The van der Waals surface area contributed by atoms with Crippen LogP contribution in [-0.2, 0) is 0 Å². The van der Waals surface area contributed by atoms with Crippen molar-refractivity contribution in [1.29, 1.82) is 0 Å². The van der Waals surface area contributed by atoms with Crippen LogP contribution in [0.2, 0.25) is 0 Å². The van der Waals surface area contributed by atoms with Crippen molar-refractivity contribution in [3.8, 4) is 0 Å². The van der Waals surface area contributed by atoms with Crippen LogP contribution < -0.4 is 4.90 Å². The van der Waals surface area contributed by atoms with Gasteiger partial charge in [-0.1, -0.05) is 12.1 Å². The predicted molar refractivity (Wildman–Crippen MR) is 95.3 cm³/mol. The van der Waals surface area contributed by atoms with Crippen LogP contribution in [0.25, 0.3) is 0 Å². The number of hydrogen-bond acceptors (Lipinski definition) is 4. The van der Waals surface area contributed by atoms with Gasteiger partial charge in [0.15, 0.2) is 0 Å². The Morgan fingerprint density at radius 1 is 1.12 bits per heavy atom. The SMILES string of the molecule is O=C(c1ccc(F)cc1Br)N1CCN(c2ccccc2[N+](=O)[O-])CC1. The minimum atomic E-state index is -0.412. The van der Waals surface area contributed by atoms with E-state index in [9.17, 15) is 19.3 Å². The van der Waals surface area contributed by atoms with Crippen molar-refractivity contribution in [2.45, 2.75) is 0 Å². The molecule has 1 aliphatic rings. The molecular weight excluding hydrogens is 393 g/mol. The van der Waals surface area contributed by atoms with E-state index in [-0.39, 0.29) is 11.6 Å². The monoisotopic (exact) mass is 407 g/mol. The summed E-state index contributed by atoms with van der Waals surface area (Å²) in [5, 5.41) is 11.2. The van der Waals surface area contributed by atoms with Gasteiger partial charge in [0.1, 0.15) is 11.5 Å². The first-order valence-corrected chi connectivity index (χ1v) is 8.49. The number of carbonyl (C=O) groups excluding carboxylic acids is 1. The number of hydrogen-bond donors (Lipinski definition) is 0. The van der Waals surface area contributed by atoms with Crippen LogP contribution in [0.3, 0.4) is 0 Å². The highest BCUT2D eigenvalue weighted by atomic mass is 79.9. The van der Waals surface area contributed by atoms with Gasteiger partial charge in [-0.3, -0.25) is 14.9 Å². The van der Waals surface area contributed by atoms with Crippen molar-refractivity contribution in [2.75, 3.05) is 31.1 Å². The number of anilines is 1. The summed E-state index contributed by atoms with van der Waals surface area (Å²) in [5.74, 6) is -0.598. The van der Waals surface area contributed by atoms with Gasteiger partial charge in [-0.25, -0.2) is 4.39 Å². The van der Waals surface area contributed by atoms with Gasteiger partial charge in [0.2, 0.25) is 0 Å². The number of piperazine rings is 1. The topological polar surface area (TPSA) is 66.7 Å². The highest BCUT2D eigenvalue weighted by Crippen LogP contribution is 2.29. The summed E-state index contributed by atoms with van der Waals surface area (Å²) >= 11 is 3.22. The summed E-state index contributed by atoms with van der Waals surface area (Å²) in [6.07, 6.45) is 0. The van der Waals surface area contributed by atoms with Crippen molar-refractivity contribution in [3.63, 3.8) is 0 Å². The third kappa shape index (κ3) is 3.63. The van der Waals surface area contributed by atoms with Crippen LogP contribution in [0.5, 0.6) is 0 Å². The molecule has 0 spiro atoms. The van der Waals surface area contributed by atoms with Crippen molar-refractivity contribution in [2.24, 2.45) is 0 Å². The van der Waals surface area contributed by atoms with E-state index < -0.39 is 10.7 Å². The van der Waals surface area contributed by atoms with Gasteiger partial charge in [0, 0.05) is 36.7 Å². The predicted octanol–water partition coefficient (Wildman–Crippen LogP) is 3.46. The molecule has 8 heteroatoms. The van der Waals surface area contributed by atoms with Crippen LogP contribution in [-0.4, -0.2) is 41.9 Å². The molecule has 0 N–H and O–H groups in total. The number of nitrogens with zero attached hydrogens (tertiary/aromatic N) is 3. The first-order chi connectivity index (χ1) is 12.0. The molecule has 1 fully saturated rings. The normalized spacial score (nSPS) is 14.5. The average Bonchev–Trinajstić information content (AvgIpc) is 2.61. The number of rotatable bonds is 3. The van der Waals surface area contributed by atoms with Gasteiger partial charge in [0.05, 0.1) is 10.5 Å². The summed E-state index contributed by atoms with van der Waals surface area (Å²) in [6.45, 7) is 1.87. The van der Waals surface area contributed by atoms with Crippen LogP contribution in [0.15, 0.2) is 46.9 Å². The maximum Gasteiger partial charge on any atom is 0.292 e. The third-order valence-corrected chi connectivity index (χ3v) is 4.80. The number of nitro benzene ring substituents is 1. The fourth-order valence-corrected chi connectivity index (χ4v) is 3.39. The number of carbonyl (C=O) groups is 1. The maximum absolute atomic E-state index is 13.2. The molecule has 0 saturated carbocycles. The van der Waals surface area contributed by atoms with Gasteiger partial charge >= 0.3 is 0 Å². The second-order valence-corrected chi connectivity index (χ2v) is 6.50. The number of para-hydroxylation sites is 2. The lowest BCUT2D eigenvalue weighted by Gasteiger charge is -2.36. The molecule has 0 aliphatic carbocycles. The van der Waals surface area contributed by atoms with E-state index in [4.69, 9.17) is 0 Å². The van der Waals surface area contributed by atoms with Gasteiger partial charge in [-0.2, -0.15) is 0 Å². The van der Waals surface area contributed by atoms with E-state index in [1.807, 2.05) is 4.90 Å². The first-order valence-electron chi connectivity index (χ1n) is 7.70. The lowest BCUT2D eigenvalue weighted by Crippen LogP contribution is -2.49. The smallest absolute Gasteiger partial charge is 0.292 e. The second kappa shape index (κ2) is 7.18. The molecule has 25 heavy (non-hydrogen) atoms. The van der Waals surface area contributed by atoms with E-state index >= 15 is 0 Å². The van der Waals surface area contributed by atoms with Gasteiger partial charge in [0.25, 0.3) is 11.6 Å². The lowest BCUT2D eigenvalue weighted by atomic mass is 10.1. The Labute approximate surface area is 152 Å². The van der Waals surface area contributed by atoms with E-state index in [1.54, 1.807) is 23.1 Å². The molecule has 0 atom stereocenters. The number of benzene rings is 2. The Morgan fingerprint density at radius 3 is 2.44 bits per heavy atom. The Balaban J connectivity index is 1.72. The van der Waals surface area contributed by atoms with Crippen molar-refractivity contribution in [1.82, 2.24) is 4.90 Å². The molecule has 2 aromatic rings. The van der Waals surface area contributed by atoms with Gasteiger partial charge < -0.3 is 9.80 Å². The van der Waals surface area contributed by atoms with E-state index in [1.165, 1.54) is 24.3 Å². The molecule has 6 nitrogen and oxygen atoms in total. The van der Waals surface area contributed by atoms with Crippen molar-refractivity contribution < 1.29 is 14.1 Å². The van der Waals surface area contributed by atoms with Crippen LogP contribution >= 0.6 is 15.9 Å². The van der Waals surface area contributed by atoms with Gasteiger partial charge in [-0.15, -0.1) is 0 Å². The number of amides is 1. The minimum absolute atomic E-state index is 0.0588. The molecule has 0 aromatic heterocycles. The zero-order valence-electron chi connectivity index (χ0n) is 13.2. The molecule has 0 bridgehead atoms. The maximum atomic E-state index is 13.2. The summed E-state index contributed by atoms with van der Waals surface area (Å²) in [7, 11) is 0. The molecule has 3 rings (SSSR count). The molecule has 2 aromatic carbocycles. The largest absolute Gasteiger partial charge is 0.362 e. The summed E-state index contributed by atoms with van der Waals surface area (Å²) in [4.78, 5) is 26.9. The number of nitro groups is 1. The highest BCUT2D eigenvalue weighted by molar-refractivity contribution is 9.10. The molecule has 1 saturated heterocycles. The Hall–Kier alpha value is -2.48. The third-order valence-electron chi connectivity index (χ3n) is 4.15. The summed E-state index contributed by atoms with van der Waals surface area (Å²) in [5.41, 5.74) is 1.02. The van der Waals surface area contributed by atoms with Crippen molar-refractivity contribution in [3.05, 3.63) is 68.4 Å². The quantitative estimate of drug-likeness (QED) is 0.577. The molecule has 1 amide bonds. The fourth-order valence-electron chi connectivity index (χ4n) is 2.87. The Bertz CT molecular complexity index is 823. The summed E-state index contributed by atoms with van der Waals surface area (Å²) < 4.78 is 13.6. The molecule has 1 aliphatic heterocycles. The summed E-state index contributed by atoms with van der Waals surface area (Å²) in [6, 6.07) is 10.5. The molecule has 0 radical (unpaired) electrons. The second-order valence-electron chi connectivity index (χ2n) is 5.65. The fraction of sp³-hybridized carbons (Fsp3) is 0.235. The average molecular weight is 408 g/mol. The van der Waals surface area contributed by atoms with E-state index in [2.05, 4.69) is 15.9 Å². The zero-order chi connectivity index (χ0) is 18.0. The van der Waals surface area contributed by atoms with Crippen molar-refractivity contribution >= 4 is 33.2 Å². The Morgan fingerprint density at radius 2 is 1.80 bits per heavy atom. The molecule has 0 unspecified atom stereocenters. The Kier molecular flexibility index (Phi) is 4.98. The van der Waals surface area contributed by atoms with Gasteiger partial charge in [-0.05, 0) is 40.2 Å². The first kappa shape index (κ1) is 17.3. The highest BCUT2D eigenvalue weighted by Gasteiger charge is 2.26. The standard InChI is InChI=1S/C17H15BrFN3O3/c18-14-11-12(19)5-6-13(14)17(23)21-9-7-20(8-10-21)15-3-1-2-4-16(15)22(24)25/h1-6,11H,7-10H2. The lowest BCUT2D eigenvalue weighted by molar-refractivity contribution is -0.384. The number of halogens is 2. The van der Waals surface area contributed by atoms with E-state index in [0.717, 1.165) is 0 Å². The van der Waals surface area contributed by atoms with E-state index in [0.29, 0.717) is 41.9 Å².